The van der Waals surface area contributed by atoms with Crippen LogP contribution in [0.4, 0.5) is 13.2 Å². The van der Waals surface area contributed by atoms with Gasteiger partial charge in [-0.3, -0.25) is 4.99 Å². The van der Waals surface area contributed by atoms with Crippen molar-refractivity contribution in [2.45, 2.75) is 56.7 Å². The number of aliphatic hydroxyl groups excluding tert-OH is 1. The molecule has 2 fully saturated rings. The zero-order chi connectivity index (χ0) is 20.1. The van der Waals surface area contributed by atoms with Crippen LogP contribution in [0.15, 0.2) is 29.3 Å². The standard InChI is InChI=1S/C19H26F3N3O3/c1-2-23-18(25-16-9-15-7-8-17(16)28-15)24-10-13(26)11-27-14-5-3-12(4-6-14)19(20,21)22/h3-6,13,15-17,26H,2,7-11H2,1H3,(H2,23,24,25). The predicted octanol–water partition coefficient (Wildman–Crippen LogP) is 2.32. The van der Waals surface area contributed by atoms with E-state index in [1.54, 1.807) is 0 Å². The second-order valence-electron chi connectivity index (χ2n) is 7.07. The Labute approximate surface area is 162 Å². The maximum Gasteiger partial charge on any atom is 0.416 e. The largest absolute Gasteiger partial charge is 0.491 e. The minimum Gasteiger partial charge on any atom is -0.491 e. The highest BCUT2D eigenvalue weighted by Gasteiger charge is 2.41. The normalized spacial score (nSPS) is 25.6. The molecule has 0 amide bonds. The Balaban J connectivity index is 1.46. The summed E-state index contributed by atoms with van der Waals surface area (Å²) >= 11 is 0. The highest BCUT2D eigenvalue weighted by molar-refractivity contribution is 5.80. The lowest BCUT2D eigenvalue weighted by Crippen LogP contribution is -2.47. The van der Waals surface area contributed by atoms with Gasteiger partial charge in [0.25, 0.3) is 0 Å². The number of rotatable bonds is 7. The molecule has 2 heterocycles. The van der Waals surface area contributed by atoms with Gasteiger partial charge >= 0.3 is 6.18 Å². The molecule has 1 aromatic carbocycles. The molecule has 9 heteroatoms. The monoisotopic (exact) mass is 401 g/mol. The van der Waals surface area contributed by atoms with Gasteiger partial charge in [-0.15, -0.1) is 0 Å². The van der Waals surface area contributed by atoms with Gasteiger partial charge in [0, 0.05) is 6.54 Å². The summed E-state index contributed by atoms with van der Waals surface area (Å²) in [6.45, 7) is 2.69. The van der Waals surface area contributed by atoms with E-state index in [1.807, 2.05) is 6.92 Å². The van der Waals surface area contributed by atoms with Crippen molar-refractivity contribution in [2.75, 3.05) is 19.7 Å². The van der Waals surface area contributed by atoms with E-state index in [4.69, 9.17) is 9.47 Å². The molecule has 28 heavy (non-hydrogen) atoms. The highest BCUT2D eigenvalue weighted by Crippen LogP contribution is 2.34. The summed E-state index contributed by atoms with van der Waals surface area (Å²) in [6, 6.07) is 4.59. The zero-order valence-electron chi connectivity index (χ0n) is 15.7. The molecule has 0 spiro atoms. The number of nitrogens with zero attached hydrogens (tertiary/aromatic N) is 1. The van der Waals surface area contributed by atoms with Crippen LogP contribution in [-0.2, 0) is 10.9 Å². The maximum absolute atomic E-state index is 12.6. The van der Waals surface area contributed by atoms with Crippen LogP contribution in [0.3, 0.4) is 0 Å². The summed E-state index contributed by atoms with van der Waals surface area (Å²) < 4.78 is 48.8. The summed E-state index contributed by atoms with van der Waals surface area (Å²) in [5.41, 5.74) is -0.740. The van der Waals surface area contributed by atoms with Crippen molar-refractivity contribution in [1.82, 2.24) is 10.6 Å². The molecule has 2 saturated heterocycles. The third-order valence-corrected chi connectivity index (χ3v) is 4.86. The van der Waals surface area contributed by atoms with Crippen molar-refractivity contribution in [3.05, 3.63) is 29.8 Å². The third-order valence-electron chi connectivity index (χ3n) is 4.86. The summed E-state index contributed by atoms with van der Waals surface area (Å²) in [5, 5.41) is 16.6. The number of aliphatic hydroxyl groups is 1. The van der Waals surface area contributed by atoms with E-state index in [2.05, 4.69) is 15.6 Å². The molecule has 4 atom stereocenters. The minimum absolute atomic E-state index is 0.0640. The van der Waals surface area contributed by atoms with E-state index in [-0.39, 0.29) is 31.0 Å². The van der Waals surface area contributed by atoms with Gasteiger partial charge in [-0.2, -0.15) is 13.2 Å². The van der Waals surface area contributed by atoms with Gasteiger partial charge in [0.2, 0.25) is 0 Å². The number of hydrogen-bond donors (Lipinski definition) is 3. The van der Waals surface area contributed by atoms with Crippen molar-refractivity contribution < 1.29 is 27.8 Å². The van der Waals surface area contributed by atoms with Gasteiger partial charge in [-0.1, -0.05) is 0 Å². The van der Waals surface area contributed by atoms with Crippen molar-refractivity contribution in [1.29, 1.82) is 0 Å². The highest BCUT2D eigenvalue weighted by atomic mass is 19.4. The molecular weight excluding hydrogens is 375 g/mol. The molecule has 156 valence electrons. The number of benzene rings is 1. The van der Waals surface area contributed by atoms with Crippen LogP contribution in [0, 0.1) is 0 Å². The van der Waals surface area contributed by atoms with Gasteiger partial charge in [0.15, 0.2) is 5.96 Å². The van der Waals surface area contributed by atoms with Gasteiger partial charge in [0.1, 0.15) is 18.5 Å². The van der Waals surface area contributed by atoms with Gasteiger partial charge in [0.05, 0.1) is 30.4 Å². The van der Waals surface area contributed by atoms with Crippen LogP contribution >= 0.6 is 0 Å². The van der Waals surface area contributed by atoms with E-state index < -0.39 is 17.8 Å². The molecule has 0 aliphatic carbocycles. The Morgan fingerprint density at radius 3 is 2.64 bits per heavy atom. The fourth-order valence-electron chi connectivity index (χ4n) is 3.47. The SMILES string of the molecule is CCNC(=NCC(O)COc1ccc(C(F)(F)F)cc1)NC1CC2CCC1O2. The number of halogens is 3. The quantitative estimate of drug-likeness (QED) is 0.483. The van der Waals surface area contributed by atoms with Gasteiger partial charge < -0.3 is 25.2 Å². The topological polar surface area (TPSA) is 75.1 Å². The first kappa shape index (κ1) is 20.7. The van der Waals surface area contributed by atoms with Crippen LogP contribution in [0.25, 0.3) is 0 Å². The van der Waals surface area contributed by atoms with Crippen molar-refractivity contribution in [2.24, 2.45) is 4.99 Å². The second kappa shape index (κ2) is 9.00. The van der Waals surface area contributed by atoms with Crippen LogP contribution < -0.4 is 15.4 Å². The van der Waals surface area contributed by atoms with Gasteiger partial charge in [-0.05, 0) is 50.5 Å². The van der Waals surface area contributed by atoms with E-state index in [0.717, 1.165) is 31.4 Å². The van der Waals surface area contributed by atoms with Crippen LogP contribution in [-0.4, -0.2) is 55.1 Å². The fraction of sp³-hybridized carbons (Fsp3) is 0.632. The first-order chi connectivity index (χ1) is 13.3. The maximum atomic E-state index is 12.6. The lowest BCUT2D eigenvalue weighted by atomic mass is 9.96. The molecule has 0 saturated carbocycles. The van der Waals surface area contributed by atoms with Crippen LogP contribution in [0.5, 0.6) is 5.75 Å². The minimum atomic E-state index is -4.38. The summed E-state index contributed by atoms with van der Waals surface area (Å²) in [5.74, 6) is 0.873. The van der Waals surface area contributed by atoms with Crippen molar-refractivity contribution >= 4 is 5.96 Å². The number of guanidine groups is 1. The summed E-state index contributed by atoms with van der Waals surface area (Å²) in [4.78, 5) is 4.38. The zero-order valence-corrected chi connectivity index (χ0v) is 15.7. The molecule has 3 rings (SSSR count). The number of fused-ring (bicyclic) bond motifs is 2. The van der Waals surface area contributed by atoms with Crippen molar-refractivity contribution in [3.63, 3.8) is 0 Å². The first-order valence-corrected chi connectivity index (χ1v) is 9.53. The molecule has 3 N–H and O–H groups in total. The molecule has 2 aliphatic rings. The molecule has 4 unspecified atom stereocenters. The Bertz CT molecular complexity index is 667. The van der Waals surface area contributed by atoms with Gasteiger partial charge in [-0.25, -0.2) is 0 Å². The Morgan fingerprint density at radius 1 is 1.32 bits per heavy atom. The lowest BCUT2D eigenvalue weighted by Gasteiger charge is -2.23. The lowest BCUT2D eigenvalue weighted by molar-refractivity contribution is -0.137. The first-order valence-electron chi connectivity index (χ1n) is 9.53. The number of alkyl halides is 3. The third kappa shape index (κ3) is 5.51. The average Bonchev–Trinajstić information content (AvgIpc) is 3.27. The van der Waals surface area contributed by atoms with E-state index >= 15 is 0 Å². The average molecular weight is 401 g/mol. The van der Waals surface area contributed by atoms with E-state index in [1.165, 1.54) is 12.1 Å². The summed E-state index contributed by atoms with van der Waals surface area (Å²) in [7, 11) is 0. The van der Waals surface area contributed by atoms with Crippen LogP contribution in [0.2, 0.25) is 0 Å². The predicted molar refractivity (Wildman–Crippen MR) is 98.4 cm³/mol. The molecule has 6 nitrogen and oxygen atoms in total. The number of ether oxygens (including phenoxy) is 2. The van der Waals surface area contributed by atoms with Crippen molar-refractivity contribution in [3.8, 4) is 5.75 Å². The van der Waals surface area contributed by atoms with E-state index in [0.29, 0.717) is 18.6 Å². The fourth-order valence-corrected chi connectivity index (χ4v) is 3.47. The Hall–Kier alpha value is -2.00. The Kier molecular flexibility index (Phi) is 6.66. The second-order valence-corrected chi connectivity index (χ2v) is 7.07. The summed E-state index contributed by atoms with van der Waals surface area (Å²) in [6.07, 6.45) is -1.62. The van der Waals surface area contributed by atoms with E-state index in [9.17, 15) is 18.3 Å². The Morgan fingerprint density at radius 2 is 2.07 bits per heavy atom. The smallest absolute Gasteiger partial charge is 0.416 e. The molecular formula is C19H26F3N3O3. The molecule has 0 aromatic heterocycles. The number of nitrogens with one attached hydrogen (secondary N) is 2. The molecule has 2 bridgehead atoms. The molecule has 2 aliphatic heterocycles. The molecule has 0 radical (unpaired) electrons. The number of hydrogen-bond acceptors (Lipinski definition) is 4. The molecule has 1 aromatic rings. The van der Waals surface area contributed by atoms with Crippen LogP contribution in [0.1, 0.15) is 31.7 Å². The number of aliphatic imine (C=N–C) groups is 1.